The van der Waals surface area contributed by atoms with E-state index in [0.717, 1.165) is 17.0 Å². The molecule has 1 amide bonds. The number of hydrogen-bond donors (Lipinski definition) is 1. The molecule has 0 fully saturated rings. The zero-order valence-corrected chi connectivity index (χ0v) is 14.5. The lowest BCUT2D eigenvalue weighted by Crippen LogP contribution is -2.48. The van der Waals surface area contributed by atoms with Crippen LogP contribution in [0.15, 0.2) is 48.7 Å². The molecule has 1 aliphatic heterocycles. The van der Waals surface area contributed by atoms with Crippen molar-refractivity contribution in [2.24, 2.45) is 0 Å². The number of fused-ring (bicyclic) bond motifs is 1. The van der Waals surface area contributed by atoms with E-state index in [1.807, 2.05) is 49.4 Å². The highest BCUT2D eigenvalue weighted by Crippen LogP contribution is 2.38. The van der Waals surface area contributed by atoms with Crippen LogP contribution in [-0.4, -0.2) is 24.0 Å². The summed E-state index contributed by atoms with van der Waals surface area (Å²) >= 11 is 0. The third kappa shape index (κ3) is 3.01. The van der Waals surface area contributed by atoms with Gasteiger partial charge in [-0.15, -0.1) is 0 Å². The highest BCUT2D eigenvalue weighted by atomic mass is 16.5. The summed E-state index contributed by atoms with van der Waals surface area (Å²) in [5.41, 5.74) is 1.15. The van der Waals surface area contributed by atoms with Crippen molar-refractivity contribution in [1.29, 1.82) is 0 Å². The van der Waals surface area contributed by atoms with E-state index in [1.165, 1.54) is 0 Å². The lowest BCUT2D eigenvalue weighted by molar-refractivity contribution is -0.127. The molecule has 4 heteroatoms. The topological polar surface area (TPSA) is 51.2 Å². The number of carbonyl (C=O) groups excluding carboxylic acids is 1. The van der Waals surface area contributed by atoms with Crippen LogP contribution >= 0.6 is 0 Å². The Kier molecular flexibility index (Phi) is 4.31. The average Bonchev–Trinajstić information content (AvgIpc) is 2.61. The van der Waals surface area contributed by atoms with Crippen LogP contribution in [0.5, 0.6) is 5.75 Å². The van der Waals surface area contributed by atoms with Gasteiger partial charge in [0.1, 0.15) is 5.75 Å². The molecule has 0 saturated heterocycles. The van der Waals surface area contributed by atoms with E-state index in [9.17, 15) is 4.79 Å². The minimum Gasteiger partial charge on any atom is -0.493 e. The summed E-state index contributed by atoms with van der Waals surface area (Å²) in [6.45, 7) is 7.29. The lowest BCUT2D eigenvalue weighted by Gasteiger charge is -2.35. The molecule has 1 aliphatic rings. The van der Waals surface area contributed by atoms with Gasteiger partial charge >= 0.3 is 0 Å². The second kappa shape index (κ2) is 6.27. The number of benzene rings is 1. The van der Waals surface area contributed by atoms with Crippen LogP contribution < -0.4 is 10.1 Å². The fourth-order valence-corrected chi connectivity index (χ4v) is 3.13. The van der Waals surface area contributed by atoms with Crippen LogP contribution in [0.2, 0.25) is 0 Å². The molecule has 1 atom stereocenters. The van der Waals surface area contributed by atoms with Gasteiger partial charge in [-0.05, 0) is 31.5 Å². The largest absolute Gasteiger partial charge is 0.493 e. The summed E-state index contributed by atoms with van der Waals surface area (Å²) in [6, 6.07) is 13.7. The molecular formula is C20H24N2O2. The number of ether oxygens (including phenoxy) is 1. The number of para-hydroxylation sites is 1. The average molecular weight is 324 g/mol. The summed E-state index contributed by atoms with van der Waals surface area (Å²) in [5.74, 6) is 0.854. The highest BCUT2D eigenvalue weighted by Gasteiger charge is 2.40. The van der Waals surface area contributed by atoms with Crippen molar-refractivity contribution in [1.82, 2.24) is 10.3 Å². The quantitative estimate of drug-likeness (QED) is 0.939. The Labute approximate surface area is 143 Å². The molecule has 24 heavy (non-hydrogen) atoms. The summed E-state index contributed by atoms with van der Waals surface area (Å²) in [7, 11) is 0. The molecule has 0 radical (unpaired) electrons. The smallest absolute Gasteiger partial charge is 0.230 e. The molecule has 1 aromatic heterocycles. The number of pyridine rings is 1. The first-order valence-corrected chi connectivity index (χ1v) is 8.36. The van der Waals surface area contributed by atoms with Crippen LogP contribution in [0.4, 0.5) is 0 Å². The first-order chi connectivity index (χ1) is 11.4. The summed E-state index contributed by atoms with van der Waals surface area (Å²) in [5, 5.41) is 3.14. The van der Waals surface area contributed by atoms with E-state index in [0.29, 0.717) is 19.6 Å². The zero-order valence-electron chi connectivity index (χ0n) is 14.5. The number of carbonyl (C=O) groups is 1. The van der Waals surface area contributed by atoms with Crippen molar-refractivity contribution in [2.45, 2.75) is 38.0 Å². The van der Waals surface area contributed by atoms with Crippen molar-refractivity contribution in [2.75, 3.05) is 13.2 Å². The number of amides is 1. The molecule has 0 spiro atoms. The molecule has 4 nitrogen and oxygen atoms in total. The Morgan fingerprint density at radius 1 is 1.25 bits per heavy atom. The monoisotopic (exact) mass is 324 g/mol. The molecule has 1 unspecified atom stereocenters. The minimum atomic E-state index is -0.560. The molecule has 1 aromatic carbocycles. The molecule has 1 N–H and O–H groups in total. The Morgan fingerprint density at radius 2 is 2.00 bits per heavy atom. The van der Waals surface area contributed by atoms with Crippen LogP contribution in [0, 0.1) is 0 Å². The molecule has 0 bridgehead atoms. The number of aromatic nitrogens is 1. The first-order valence-electron chi connectivity index (χ1n) is 8.36. The number of hydrogen-bond acceptors (Lipinski definition) is 3. The Bertz CT molecular complexity index is 727. The van der Waals surface area contributed by atoms with Gasteiger partial charge in [0.05, 0.1) is 12.0 Å². The minimum absolute atomic E-state index is 0.0438. The zero-order chi connectivity index (χ0) is 17.2. The van der Waals surface area contributed by atoms with Gasteiger partial charge in [0, 0.05) is 29.4 Å². The predicted molar refractivity (Wildman–Crippen MR) is 94.2 cm³/mol. The van der Waals surface area contributed by atoms with Crippen molar-refractivity contribution >= 4 is 5.91 Å². The van der Waals surface area contributed by atoms with E-state index in [2.05, 4.69) is 24.1 Å². The molecule has 2 heterocycles. The maximum Gasteiger partial charge on any atom is 0.230 e. The molecule has 2 aromatic rings. The third-order valence-electron chi connectivity index (χ3n) is 4.89. The van der Waals surface area contributed by atoms with Crippen LogP contribution in [0.3, 0.4) is 0 Å². The van der Waals surface area contributed by atoms with Crippen LogP contribution in [0.25, 0.3) is 0 Å². The molecular weight excluding hydrogens is 300 g/mol. The van der Waals surface area contributed by atoms with Gasteiger partial charge < -0.3 is 10.1 Å². The normalized spacial score (nSPS) is 20.0. The van der Waals surface area contributed by atoms with Crippen molar-refractivity contribution in [3.8, 4) is 5.75 Å². The van der Waals surface area contributed by atoms with Gasteiger partial charge in [-0.3, -0.25) is 9.78 Å². The maximum absolute atomic E-state index is 13.0. The molecule has 126 valence electrons. The van der Waals surface area contributed by atoms with E-state index < -0.39 is 5.41 Å². The van der Waals surface area contributed by atoms with Gasteiger partial charge in [0.15, 0.2) is 0 Å². The van der Waals surface area contributed by atoms with Gasteiger partial charge in [0.25, 0.3) is 0 Å². The second-order valence-electron chi connectivity index (χ2n) is 7.21. The second-order valence-corrected chi connectivity index (χ2v) is 7.21. The summed E-state index contributed by atoms with van der Waals surface area (Å²) < 4.78 is 5.69. The maximum atomic E-state index is 13.0. The van der Waals surface area contributed by atoms with Crippen molar-refractivity contribution < 1.29 is 9.53 Å². The summed E-state index contributed by atoms with van der Waals surface area (Å²) in [6.07, 6.45) is 2.47. The van der Waals surface area contributed by atoms with Crippen LogP contribution in [-0.2, 0) is 15.6 Å². The van der Waals surface area contributed by atoms with E-state index in [-0.39, 0.29) is 11.3 Å². The van der Waals surface area contributed by atoms with Gasteiger partial charge in [-0.25, -0.2) is 0 Å². The van der Waals surface area contributed by atoms with Gasteiger partial charge in [-0.2, -0.15) is 0 Å². The van der Waals surface area contributed by atoms with Crippen molar-refractivity contribution in [3.63, 3.8) is 0 Å². The Morgan fingerprint density at radius 3 is 2.75 bits per heavy atom. The fraction of sp³-hybridized carbons (Fsp3) is 0.400. The number of nitrogens with zero attached hydrogens (tertiary/aromatic N) is 1. The highest BCUT2D eigenvalue weighted by molar-refractivity contribution is 5.89. The molecule has 0 aliphatic carbocycles. The van der Waals surface area contributed by atoms with Gasteiger partial charge in [-0.1, -0.05) is 38.1 Å². The van der Waals surface area contributed by atoms with Gasteiger partial charge in [0.2, 0.25) is 5.91 Å². The molecule has 3 rings (SSSR count). The Hall–Kier alpha value is -2.36. The standard InChI is InChI=1S/C20H24N2O2/c1-19(2,17-10-6-7-12-21-17)14-22-18(23)20(3)11-13-24-16-9-5-4-8-15(16)20/h4-10,12H,11,13-14H2,1-3H3,(H,22,23). The third-order valence-corrected chi connectivity index (χ3v) is 4.89. The van der Waals surface area contributed by atoms with E-state index >= 15 is 0 Å². The van der Waals surface area contributed by atoms with E-state index in [1.54, 1.807) is 6.20 Å². The number of rotatable bonds is 4. The Balaban J connectivity index is 1.76. The fourth-order valence-electron chi connectivity index (χ4n) is 3.13. The summed E-state index contributed by atoms with van der Waals surface area (Å²) in [4.78, 5) is 17.4. The van der Waals surface area contributed by atoms with E-state index in [4.69, 9.17) is 4.74 Å². The first kappa shape index (κ1) is 16.5. The SMILES string of the molecule is CC(C)(CNC(=O)C1(C)CCOc2ccccc21)c1ccccn1. The lowest BCUT2D eigenvalue weighted by atomic mass is 9.76. The molecule has 0 saturated carbocycles. The van der Waals surface area contributed by atoms with Crippen molar-refractivity contribution in [3.05, 3.63) is 59.9 Å². The predicted octanol–water partition coefficient (Wildman–Crippen LogP) is 3.22. The van der Waals surface area contributed by atoms with Crippen LogP contribution in [0.1, 0.15) is 38.4 Å². The number of nitrogens with one attached hydrogen (secondary N) is 1.